The molecular formula is C15H24FNO. The largest absolute Gasteiger partial charge is 0.374 e. The van der Waals surface area contributed by atoms with Gasteiger partial charge in [-0.3, -0.25) is 0 Å². The van der Waals surface area contributed by atoms with E-state index in [-0.39, 0.29) is 17.5 Å². The standard InChI is InChI=1S/C15H24FNO/c1-6-17-14(15(4,5)18-7-2)12-9-8-11(3)13(16)10-12/h8-10,14,17H,6-7H2,1-5H3. The maximum atomic E-state index is 13.7. The summed E-state index contributed by atoms with van der Waals surface area (Å²) in [6, 6.07) is 5.37. The van der Waals surface area contributed by atoms with E-state index in [2.05, 4.69) is 5.32 Å². The second-order valence-corrected chi connectivity index (χ2v) is 5.04. The number of hydrogen-bond donors (Lipinski definition) is 1. The summed E-state index contributed by atoms with van der Waals surface area (Å²) >= 11 is 0. The molecule has 0 aliphatic heterocycles. The van der Waals surface area contributed by atoms with Crippen LogP contribution in [0.2, 0.25) is 0 Å². The van der Waals surface area contributed by atoms with Gasteiger partial charge in [-0.15, -0.1) is 0 Å². The van der Waals surface area contributed by atoms with E-state index in [1.165, 1.54) is 0 Å². The highest BCUT2D eigenvalue weighted by molar-refractivity contribution is 5.27. The van der Waals surface area contributed by atoms with Crippen molar-refractivity contribution in [2.24, 2.45) is 0 Å². The number of ether oxygens (including phenoxy) is 1. The van der Waals surface area contributed by atoms with Gasteiger partial charge in [-0.25, -0.2) is 4.39 Å². The number of halogens is 1. The van der Waals surface area contributed by atoms with Gasteiger partial charge in [-0.1, -0.05) is 19.1 Å². The van der Waals surface area contributed by atoms with Gasteiger partial charge in [-0.05, 0) is 51.4 Å². The van der Waals surface area contributed by atoms with Gasteiger partial charge in [0, 0.05) is 6.61 Å². The van der Waals surface area contributed by atoms with Crippen molar-refractivity contribution >= 4 is 0 Å². The van der Waals surface area contributed by atoms with Gasteiger partial charge in [0.1, 0.15) is 5.82 Å². The second-order valence-electron chi connectivity index (χ2n) is 5.04. The Morgan fingerprint density at radius 2 is 2.00 bits per heavy atom. The quantitative estimate of drug-likeness (QED) is 0.836. The summed E-state index contributed by atoms with van der Waals surface area (Å²) in [6.45, 7) is 11.3. The van der Waals surface area contributed by atoms with Gasteiger partial charge < -0.3 is 10.1 Å². The lowest BCUT2D eigenvalue weighted by Gasteiger charge is -2.35. The third-order valence-electron chi connectivity index (χ3n) is 3.15. The van der Waals surface area contributed by atoms with Crippen molar-refractivity contribution in [3.8, 4) is 0 Å². The average molecular weight is 253 g/mol. The van der Waals surface area contributed by atoms with Crippen molar-refractivity contribution in [1.82, 2.24) is 5.32 Å². The zero-order valence-corrected chi connectivity index (χ0v) is 12.0. The summed E-state index contributed by atoms with van der Waals surface area (Å²) in [4.78, 5) is 0. The molecule has 0 aliphatic rings. The normalized spacial score (nSPS) is 13.7. The van der Waals surface area contributed by atoms with Crippen molar-refractivity contribution in [3.05, 3.63) is 35.1 Å². The van der Waals surface area contributed by atoms with Crippen LogP contribution in [0.25, 0.3) is 0 Å². The van der Waals surface area contributed by atoms with E-state index in [4.69, 9.17) is 4.74 Å². The maximum Gasteiger partial charge on any atom is 0.126 e. The molecule has 0 heterocycles. The molecule has 1 N–H and O–H groups in total. The predicted molar refractivity (Wildman–Crippen MR) is 73.3 cm³/mol. The van der Waals surface area contributed by atoms with Crippen molar-refractivity contribution in [2.45, 2.75) is 46.3 Å². The molecule has 2 nitrogen and oxygen atoms in total. The fraction of sp³-hybridized carbons (Fsp3) is 0.600. The lowest BCUT2D eigenvalue weighted by molar-refractivity contribution is -0.0389. The molecule has 0 fully saturated rings. The van der Waals surface area contributed by atoms with E-state index < -0.39 is 0 Å². The minimum atomic E-state index is -0.369. The number of aryl methyl sites for hydroxylation is 1. The van der Waals surface area contributed by atoms with Crippen molar-refractivity contribution < 1.29 is 9.13 Å². The molecule has 0 bridgehead atoms. The van der Waals surface area contributed by atoms with E-state index in [1.54, 1.807) is 13.0 Å². The zero-order chi connectivity index (χ0) is 13.8. The minimum Gasteiger partial charge on any atom is -0.374 e. The molecule has 0 aromatic heterocycles. The molecule has 3 heteroatoms. The number of nitrogens with one attached hydrogen (secondary N) is 1. The molecule has 102 valence electrons. The van der Waals surface area contributed by atoms with Crippen LogP contribution in [0, 0.1) is 12.7 Å². The van der Waals surface area contributed by atoms with E-state index in [0.717, 1.165) is 12.1 Å². The molecule has 1 unspecified atom stereocenters. The van der Waals surface area contributed by atoms with Crippen LogP contribution >= 0.6 is 0 Å². The molecular weight excluding hydrogens is 229 g/mol. The predicted octanol–water partition coefficient (Wildman–Crippen LogP) is 3.60. The molecule has 1 atom stereocenters. The van der Waals surface area contributed by atoms with E-state index in [0.29, 0.717) is 12.2 Å². The molecule has 18 heavy (non-hydrogen) atoms. The first-order valence-electron chi connectivity index (χ1n) is 6.55. The monoisotopic (exact) mass is 253 g/mol. The summed E-state index contributed by atoms with van der Waals surface area (Å²) in [5, 5.41) is 3.38. The van der Waals surface area contributed by atoms with E-state index >= 15 is 0 Å². The molecule has 0 amide bonds. The van der Waals surface area contributed by atoms with Crippen molar-refractivity contribution in [2.75, 3.05) is 13.2 Å². The first-order valence-corrected chi connectivity index (χ1v) is 6.55. The summed E-state index contributed by atoms with van der Waals surface area (Å²) in [7, 11) is 0. The van der Waals surface area contributed by atoms with Crippen LogP contribution in [0.1, 0.15) is 44.9 Å². The smallest absolute Gasteiger partial charge is 0.126 e. The fourth-order valence-electron chi connectivity index (χ4n) is 2.21. The highest BCUT2D eigenvalue weighted by Crippen LogP contribution is 2.29. The van der Waals surface area contributed by atoms with Crippen LogP contribution in [0.15, 0.2) is 18.2 Å². The molecule has 1 aromatic rings. The van der Waals surface area contributed by atoms with Crippen molar-refractivity contribution in [3.63, 3.8) is 0 Å². The molecule has 1 rings (SSSR count). The Bertz CT molecular complexity index is 390. The third kappa shape index (κ3) is 3.53. The fourth-order valence-corrected chi connectivity index (χ4v) is 2.21. The van der Waals surface area contributed by atoms with Crippen LogP contribution < -0.4 is 5.32 Å². The van der Waals surface area contributed by atoms with Crippen LogP contribution in [0.3, 0.4) is 0 Å². The first-order chi connectivity index (χ1) is 8.42. The Morgan fingerprint density at radius 3 is 2.50 bits per heavy atom. The summed E-state index contributed by atoms with van der Waals surface area (Å²) < 4.78 is 19.5. The van der Waals surface area contributed by atoms with Crippen LogP contribution in [-0.4, -0.2) is 18.8 Å². The van der Waals surface area contributed by atoms with Crippen molar-refractivity contribution in [1.29, 1.82) is 0 Å². The van der Waals surface area contributed by atoms with Crippen LogP contribution in [0.4, 0.5) is 4.39 Å². The number of hydrogen-bond acceptors (Lipinski definition) is 2. The van der Waals surface area contributed by atoms with Gasteiger partial charge in [0.2, 0.25) is 0 Å². The summed E-state index contributed by atoms with van der Waals surface area (Å²) in [6.07, 6.45) is 0. The topological polar surface area (TPSA) is 21.3 Å². The molecule has 0 aliphatic carbocycles. The Hall–Kier alpha value is -0.930. The van der Waals surface area contributed by atoms with Gasteiger partial charge >= 0.3 is 0 Å². The number of likely N-dealkylation sites (N-methyl/N-ethyl adjacent to an activating group) is 1. The lowest BCUT2D eigenvalue weighted by atomic mass is 9.91. The highest BCUT2D eigenvalue weighted by atomic mass is 19.1. The molecule has 1 aromatic carbocycles. The Balaban J connectivity index is 3.07. The number of rotatable bonds is 6. The lowest BCUT2D eigenvalue weighted by Crippen LogP contribution is -2.41. The van der Waals surface area contributed by atoms with Crippen LogP contribution in [-0.2, 0) is 4.74 Å². The molecule has 0 spiro atoms. The molecule has 0 radical (unpaired) electrons. The summed E-state index contributed by atoms with van der Waals surface area (Å²) in [5.41, 5.74) is 1.23. The maximum absolute atomic E-state index is 13.7. The average Bonchev–Trinajstić information content (AvgIpc) is 2.29. The van der Waals surface area contributed by atoms with E-state index in [9.17, 15) is 4.39 Å². The first kappa shape index (κ1) is 15.1. The van der Waals surface area contributed by atoms with Gasteiger partial charge in [0.05, 0.1) is 11.6 Å². The zero-order valence-electron chi connectivity index (χ0n) is 12.0. The van der Waals surface area contributed by atoms with Gasteiger partial charge in [0.15, 0.2) is 0 Å². The third-order valence-corrected chi connectivity index (χ3v) is 3.15. The second kappa shape index (κ2) is 6.30. The Kier molecular flexibility index (Phi) is 5.29. The van der Waals surface area contributed by atoms with Crippen LogP contribution in [0.5, 0.6) is 0 Å². The SMILES string of the molecule is CCNC(c1ccc(C)c(F)c1)C(C)(C)OCC. The highest BCUT2D eigenvalue weighted by Gasteiger charge is 2.31. The molecule has 0 saturated carbocycles. The summed E-state index contributed by atoms with van der Waals surface area (Å²) in [5.74, 6) is -0.164. The van der Waals surface area contributed by atoms with E-state index in [1.807, 2.05) is 39.8 Å². The van der Waals surface area contributed by atoms with Gasteiger partial charge in [0.25, 0.3) is 0 Å². The number of benzene rings is 1. The Morgan fingerprint density at radius 1 is 1.33 bits per heavy atom. The Labute approximate surface area is 110 Å². The van der Waals surface area contributed by atoms with Gasteiger partial charge in [-0.2, -0.15) is 0 Å². The minimum absolute atomic E-state index is 0.0162. The molecule has 0 saturated heterocycles.